The Hall–Kier alpha value is -0.520. The average molecular weight is 356 g/mol. The molecule has 0 unspecified atom stereocenters. The van der Waals surface area contributed by atoms with Crippen LogP contribution < -0.4 is 10.6 Å². The Morgan fingerprint density at radius 3 is 2.71 bits per heavy atom. The Morgan fingerprint density at radius 1 is 1.29 bits per heavy atom. The first-order valence-corrected chi connectivity index (χ1v) is 7.29. The van der Waals surface area contributed by atoms with E-state index in [0.29, 0.717) is 36.3 Å². The molecule has 0 saturated heterocycles. The van der Waals surface area contributed by atoms with Crippen LogP contribution in [0.1, 0.15) is 12.0 Å². The molecule has 1 aromatic carbocycles. The van der Waals surface area contributed by atoms with Crippen molar-refractivity contribution in [2.75, 3.05) is 33.4 Å². The lowest BCUT2D eigenvalue weighted by Crippen LogP contribution is -2.35. The van der Waals surface area contributed by atoms with Crippen LogP contribution in [0.3, 0.4) is 0 Å². The molecule has 7 heteroatoms. The fraction of sp³-hybridized carbons (Fsp3) is 0.500. The second kappa shape index (κ2) is 12.1. The van der Waals surface area contributed by atoms with Crippen LogP contribution in [0.5, 0.6) is 0 Å². The van der Waals surface area contributed by atoms with Gasteiger partial charge in [0.05, 0.1) is 13.2 Å². The number of benzene rings is 1. The molecule has 0 radical (unpaired) electrons. The number of amides is 1. The zero-order valence-electron chi connectivity index (χ0n) is 12.0. The second-order valence-electron chi connectivity index (χ2n) is 4.36. The van der Waals surface area contributed by atoms with Crippen molar-refractivity contribution in [3.05, 3.63) is 33.8 Å². The number of carbonyl (C=O) groups is 1. The van der Waals surface area contributed by atoms with E-state index in [1.165, 1.54) is 0 Å². The fourth-order valence-corrected chi connectivity index (χ4v) is 2.17. The van der Waals surface area contributed by atoms with Crippen LogP contribution in [0, 0.1) is 0 Å². The van der Waals surface area contributed by atoms with E-state index in [-0.39, 0.29) is 18.3 Å². The van der Waals surface area contributed by atoms with Gasteiger partial charge in [0.25, 0.3) is 0 Å². The molecule has 2 N–H and O–H groups in total. The molecule has 0 aliphatic heterocycles. The van der Waals surface area contributed by atoms with Gasteiger partial charge < -0.3 is 15.4 Å². The minimum Gasteiger partial charge on any atom is -0.383 e. The molecule has 0 aliphatic carbocycles. The van der Waals surface area contributed by atoms with E-state index in [1.807, 2.05) is 12.1 Å². The highest BCUT2D eigenvalue weighted by Crippen LogP contribution is 2.21. The molecular formula is C14H21Cl3N2O2. The van der Waals surface area contributed by atoms with Crippen LogP contribution in [-0.2, 0) is 16.0 Å². The Balaban J connectivity index is 0.00000400. The molecule has 21 heavy (non-hydrogen) atoms. The molecule has 0 heterocycles. The molecule has 1 aromatic rings. The summed E-state index contributed by atoms with van der Waals surface area (Å²) in [6.07, 6.45) is 1.65. The van der Waals surface area contributed by atoms with Gasteiger partial charge in [0.1, 0.15) is 0 Å². The smallest absolute Gasteiger partial charge is 0.233 e. The molecule has 0 atom stereocenters. The largest absolute Gasteiger partial charge is 0.383 e. The van der Waals surface area contributed by atoms with Crippen molar-refractivity contribution in [3.63, 3.8) is 0 Å². The van der Waals surface area contributed by atoms with Crippen molar-refractivity contribution < 1.29 is 9.53 Å². The number of hydrogen-bond donors (Lipinski definition) is 2. The lowest BCUT2D eigenvalue weighted by Gasteiger charge is -2.07. The summed E-state index contributed by atoms with van der Waals surface area (Å²) in [6.45, 7) is 2.21. The molecule has 0 aliphatic rings. The van der Waals surface area contributed by atoms with Crippen LogP contribution in [-0.4, -0.2) is 39.3 Å². The minimum atomic E-state index is -0.0108. The molecule has 0 spiro atoms. The van der Waals surface area contributed by atoms with Crippen LogP contribution in [0.15, 0.2) is 18.2 Å². The summed E-state index contributed by atoms with van der Waals surface area (Å²) in [6, 6.07) is 5.47. The molecule has 0 bridgehead atoms. The quantitative estimate of drug-likeness (QED) is 0.670. The predicted molar refractivity (Wildman–Crippen MR) is 89.8 cm³/mol. The summed E-state index contributed by atoms with van der Waals surface area (Å²) in [5, 5.41) is 7.14. The van der Waals surface area contributed by atoms with Gasteiger partial charge in [-0.05, 0) is 30.5 Å². The maximum Gasteiger partial charge on any atom is 0.233 e. The molecular weight excluding hydrogens is 335 g/mol. The standard InChI is InChI=1S/C14H20Cl2N2O2.ClH/c1-20-8-7-17-10-14(19)18-6-2-3-11-4-5-12(15)9-13(11)16;/h4-5,9,17H,2-3,6-8,10H2,1H3,(H,18,19);1H. The van der Waals surface area contributed by atoms with Gasteiger partial charge in [0.15, 0.2) is 0 Å². The van der Waals surface area contributed by atoms with Crippen LogP contribution in [0.25, 0.3) is 0 Å². The number of nitrogens with one attached hydrogen (secondary N) is 2. The Kier molecular flexibility index (Phi) is 11.8. The number of hydrogen-bond acceptors (Lipinski definition) is 3. The van der Waals surface area contributed by atoms with Crippen molar-refractivity contribution in [2.24, 2.45) is 0 Å². The summed E-state index contributed by atoms with van der Waals surface area (Å²) in [4.78, 5) is 11.5. The first-order chi connectivity index (χ1) is 9.63. The van der Waals surface area contributed by atoms with Gasteiger partial charge in [-0.3, -0.25) is 4.79 Å². The highest BCUT2D eigenvalue weighted by Gasteiger charge is 2.03. The lowest BCUT2D eigenvalue weighted by atomic mass is 10.1. The molecule has 120 valence electrons. The van der Waals surface area contributed by atoms with Crippen molar-refractivity contribution in [3.8, 4) is 0 Å². The number of aryl methyl sites for hydroxylation is 1. The number of ether oxygens (including phenoxy) is 1. The van der Waals surface area contributed by atoms with Gasteiger partial charge in [-0.2, -0.15) is 0 Å². The number of halogens is 3. The molecule has 1 rings (SSSR count). The maximum absolute atomic E-state index is 11.5. The summed E-state index contributed by atoms with van der Waals surface area (Å²) in [7, 11) is 1.63. The number of rotatable bonds is 9. The molecule has 4 nitrogen and oxygen atoms in total. The van der Waals surface area contributed by atoms with Crippen molar-refractivity contribution >= 4 is 41.5 Å². The Morgan fingerprint density at radius 2 is 2.05 bits per heavy atom. The first-order valence-electron chi connectivity index (χ1n) is 6.53. The van der Waals surface area contributed by atoms with Gasteiger partial charge >= 0.3 is 0 Å². The van der Waals surface area contributed by atoms with Crippen molar-refractivity contribution in [1.82, 2.24) is 10.6 Å². The average Bonchev–Trinajstić information content (AvgIpc) is 2.41. The molecule has 0 aromatic heterocycles. The highest BCUT2D eigenvalue weighted by atomic mass is 35.5. The summed E-state index contributed by atoms with van der Waals surface area (Å²) >= 11 is 11.9. The van der Waals surface area contributed by atoms with Crippen molar-refractivity contribution in [1.29, 1.82) is 0 Å². The highest BCUT2D eigenvalue weighted by molar-refractivity contribution is 6.35. The van der Waals surface area contributed by atoms with Gasteiger partial charge in [-0.25, -0.2) is 0 Å². The van der Waals surface area contributed by atoms with E-state index >= 15 is 0 Å². The van der Waals surface area contributed by atoms with Gasteiger partial charge in [-0.15, -0.1) is 12.4 Å². The van der Waals surface area contributed by atoms with E-state index in [4.69, 9.17) is 27.9 Å². The zero-order valence-corrected chi connectivity index (χ0v) is 14.3. The summed E-state index contributed by atoms with van der Waals surface area (Å²) in [5.74, 6) is -0.0108. The second-order valence-corrected chi connectivity index (χ2v) is 5.20. The van der Waals surface area contributed by atoms with E-state index in [9.17, 15) is 4.79 Å². The molecule has 0 saturated carbocycles. The van der Waals surface area contributed by atoms with Gasteiger partial charge in [-0.1, -0.05) is 29.3 Å². The van der Waals surface area contributed by atoms with Crippen LogP contribution in [0.4, 0.5) is 0 Å². The maximum atomic E-state index is 11.5. The number of methoxy groups -OCH3 is 1. The molecule has 0 fully saturated rings. The zero-order chi connectivity index (χ0) is 14.8. The van der Waals surface area contributed by atoms with E-state index < -0.39 is 0 Å². The minimum absolute atomic E-state index is 0. The third-order valence-electron chi connectivity index (χ3n) is 2.73. The Labute approximate surface area is 141 Å². The van der Waals surface area contributed by atoms with Crippen molar-refractivity contribution in [2.45, 2.75) is 12.8 Å². The van der Waals surface area contributed by atoms with E-state index in [2.05, 4.69) is 10.6 Å². The number of carbonyl (C=O) groups excluding carboxylic acids is 1. The van der Waals surface area contributed by atoms with E-state index in [0.717, 1.165) is 18.4 Å². The monoisotopic (exact) mass is 354 g/mol. The third-order valence-corrected chi connectivity index (χ3v) is 3.32. The topological polar surface area (TPSA) is 50.4 Å². The predicted octanol–water partition coefficient (Wildman–Crippen LogP) is 2.70. The van der Waals surface area contributed by atoms with E-state index in [1.54, 1.807) is 13.2 Å². The van der Waals surface area contributed by atoms with Crippen LogP contribution >= 0.6 is 35.6 Å². The summed E-state index contributed by atoms with van der Waals surface area (Å²) < 4.78 is 4.87. The lowest BCUT2D eigenvalue weighted by molar-refractivity contribution is -0.120. The molecule has 1 amide bonds. The first kappa shape index (κ1) is 20.5. The van der Waals surface area contributed by atoms with Crippen LogP contribution in [0.2, 0.25) is 10.0 Å². The SMILES string of the molecule is COCCNCC(=O)NCCCc1ccc(Cl)cc1Cl.Cl. The normalized spacial score (nSPS) is 10.0. The van der Waals surface area contributed by atoms with Gasteiger partial charge in [0.2, 0.25) is 5.91 Å². The Bertz CT molecular complexity index is 431. The summed E-state index contributed by atoms with van der Waals surface area (Å²) in [5.41, 5.74) is 1.04. The van der Waals surface area contributed by atoms with Gasteiger partial charge in [0, 0.05) is 30.2 Å². The third kappa shape index (κ3) is 9.17. The fourth-order valence-electron chi connectivity index (χ4n) is 1.67.